The lowest BCUT2D eigenvalue weighted by Crippen LogP contribution is -2.22. The number of anilines is 2. The third kappa shape index (κ3) is 6.56. The smallest absolute Gasteiger partial charge is 0.270 e. The largest absolute Gasteiger partial charge is 0.492 e. The molecule has 0 aliphatic heterocycles. The monoisotopic (exact) mass is 465 g/mol. The van der Waals surface area contributed by atoms with Gasteiger partial charge < -0.3 is 15.4 Å². The van der Waals surface area contributed by atoms with Gasteiger partial charge in [-0.15, -0.1) is 11.8 Å². The van der Waals surface area contributed by atoms with Crippen molar-refractivity contribution in [2.75, 3.05) is 17.2 Å². The van der Waals surface area contributed by atoms with E-state index in [0.717, 1.165) is 4.90 Å². The number of para-hydroxylation sites is 2. The number of carbonyl (C=O) groups excluding carboxylic acids is 2. The minimum atomic E-state index is -0.548. The van der Waals surface area contributed by atoms with Crippen molar-refractivity contribution in [1.29, 1.82) is 0 Å². The van der Waals surface area contributed by atoms with Gasteiger partial charge in [0.15, 0.2) is 0 Å². The molecule has 33 heavy (non-hydrogen) atoms. The Morgan fingerprint density at radius 1 is 1.03 bits per heavy atom. The maximum Gasteiger partial charge on any atom is 0.270 e. The second-order valence-electron chi connectivity index (χ2n) is 6.97. The predicted octanol–water partition coefficient (Wildman–Crippen LogP) is 5.37. The Bertz CT molecular complexity index is 1170. The minimum absolute atomic E-state index is 0.155. The summed E-state index contributed by atoms with van der Waals surface area (Å²) in [5, 5.41) is 16.1. The van der Waals surface area contributed by atoms with Gasteiger partial charge in [0.2, 0.25) is 5.91 Å². The normalized spacial score (nSPS) is 11.3. The first-order valence-corrected chi connectivity index (χ1v) is 11.1. The van der Waals surface area contributed by atoms with E-state index in [1.807, 2.05) is 25.1 Å². The van der Waals surface area contributed by atoms with Crippen LogP contribution in [0.5, 0.6) is 5.75 Å². The van der Waals surface area contributed by atoms with Crippen LogP contribution in [0.2, 0.25) is 0 Å². The van der Waals surface area contributed by atoms with Gasteiger partial charge in [-0.25, -0.2) is 0 Å². The summed E-state index contributed by atoms with van der Waals surface area (Å²) in [6.45, 7) is 4.16. The van der Waals surface area contributed by atoms with Crippen molar-refractivity contribution >= 4 is 40.6 Å². The third-order valence-corrected chi connectivity index (χ3v) is 5.63. The van der Waals surface area contributed by atoms with Gasteiger partial charge >= 0.3 is 0 Å². The molecule has 0 aliphatic rings. The SMILES string of the molecule is CCOc1ccccc1NC(=O)C(C)Sc1cccc(NC(=O)c2cccc([N+](=O)[O-])c2)c1. The number of non-ortho nitro benzene ring substituents is 1. The van der Waals surface area contributed by atoms with Gasteiger partial charge in [-0.05, 0) is 50.2 Å². The van der Waals surface area contributed by atoms with Crippen LogP contribution in [0.15, 0.2) is 77.7 Å². The number of rotatable bonds is 9. The maximum absolute atomic E-state index is 12.7. The number of nitrogens with zero attached hydrogens (tertiary/aromatic N) is 1. The van der Waals surface area contributed by atoms with Gasteiger partial charge in [0.1, 0.15) is 5.75 Å². The predicted molar refractivity (Wildman–Crippen MR) is 129 cm³/mol. The summed E-state index contributed by atoms with van der Waals surface area (Å²) >= 11 is 1.34. The number of nitro benzene ring substituents is 1. The molecular formula is C24H23N3O5S. The van der Waals surface area contributed by atoms with Gasteiger partial charge in [-0.2, -0.15) is 0 Å². The number of nitro groups is 1. The van der Waals surface area contributed by atoms with Crippen molar-refractivity contribution in [3.8, 4) is 5.75 Å². The van der Waals surface area contributed by atoms with Crippen molar-refractivity contribution in [2.45, 2.75) is 24.0 Å². The molecular weight excluding hydrogens is 442 g/mol. The average Bonchev–Trinajstić information content (AvgIpc) is 2.80. The number of amides is 2. The Morgan fingerprint density at radius 3 is 2.55 bits per heavy atom. The van der Waals surface area contributed by atoms with Crippen molar-refractivity contribution in [3.05, 3.63) is 88.5 Å². The zero-order valence-corrected chi connectivity index (χ0v) is 18.9. The van der Waals surface area contributed by atoms with Crippen LogP contribution in [-0.4, -0.2) is 28.6 Å². The van der Waals surface area contributed by atoms with Gasteiger partial charge in [0, 0.05) is 28.3 Å². The van der Waals surface area contributed by atoms with Crippen LogP contribution in [0.3, 0.4) is 0 Å². The van der Waals surface area contributed by atoms with E-state index in [0.29, 0.717) is 23.7 Å². The standard InChI is InChI=1S/C24H23N3O5S/c1-3-32-22-13-5-4-12-21(22)26-23(28)16(2)33-20-11-7-9-18(15-20)25-24(29)17-8-6-10-19(14-17)27(30)31/h4-16H,3H2,1-2H3,(H,25,29)(H,26,28). The van der Waals surface area contributed by atoms with E-state index in [1.54, 1.807) is 37.3 Å². The number of ether oxygens (including phenoxy) is 1. The first-order chi connectivity index (χ1) is 15.9. The number of nitrogens with one attached hydrogen (secondary N) is 2. The van der Waals surface area contributed by atoms with Crippen LogP contribution in [0.1, 0.15) is 24.2 Å². The van der Waals surface area contributed by atoms with Crippen LogP contribution in [0.25, 0.3) is 0 Å². The highest BCUT2D eigenvalue weighted by Crippen LogP contribution is 2.29. The van der Waals surface area contributed by atoms with Crippen LogP contribution in [-0.2, 0) is 4.79 Å². The maximum atomic E-state index is 12.7. The first kappa shape index (κ1) is 23.8. The fourth-order valence-electron chi connectivity index (χ4n) is 2.95. The summed E-state index contributed by atoms with van der Waals surface area (Å²) in [6, 6.07) is 19.8. The number of benzene rings is 3. The van der Waals surface area contributed by atoms with E-state index in [4.69, 9.17) is 4.74 Å². The first-order valence-electron chi connectivity index (χ1n) is 10.2. The zero-order valence-electron chi connectivity index (χ0n) is 18.1. The molecule has 0 aliphatic carbocycles. The molecule has 0 bridgehead atoms. The average molecular weight is 466 g/mol. The minimum Gasteiger partial charge on any atom is -0.492 e. The number of hydrogen-bond acceptors (Lipinski definition) is 6. The molecule has 3 aromatic carbocycles. The summed E-state index contributed by atoms with van der Waals surface area (Å²) in [5.74, 6) is -0.0335. The molecule has 0 radical (unpaired) electrons. The summed E-state index contributed by atoms with van der Waals surface area (Å²) in [7, 11) is 0. The Labute approximate surface area is 195 Å². The molecule has 170 valence electrons. The fraction of sp³-hybridized carbons (Fsp3) is 0.167. The zero-order chi connectivity index (χ0) is 23.8. The number of carbonyl (C=O) groups is 2. The molecule has 0 aromatic heterocycles. The quantitative estimate of drug-likeness (QED) is 0.250. The lowest BCUT2D eigenvalue weighted by molar-refractivity contribution is -0.384. The number of hydrogen-bond donors (Lipinski definition) is 2. The summed E-state index contributed by atoms with van der Waals surface area (Å²) in [4.78, 5) is 36.4. The molecule has 0 heterocycles. The number of thioether (sulfide) groups is 1. The molecule has 8 nitrogen and oxygen atoms in total. The van der Waals surface area contributed by atoms with Crippen molar-refractivity contribution in [3.63, 3.8) is 0 Å². The highest BCUT2D eigenvalue weighted by atomic mass is 32.2. The molecule has 2 N–H and O–H groups in total. The van der Waals surface area contributed by atoms with Gasteiger partial charge in [-0.1, -0.05) is 24.3 Å². The molecule has 3 rings (SSSR count). The Kier molecular flexibility index (Phi) is 8.04. The van der Waals surface area contributed by atoms with Crippen molar-refractivity contribution in [2.24, 2.45) is 0 Å². The van der Waals surface area contributed by atoms with Gasteiger partial charge in [0.25, 0.3) is 11.6 Å². The van der Waals surface area contributed by atoms with E-state index >= 15 is 0 Å². The molecule has 9 heteroatoms. The molecule has 0 fully saturated rings. The Balaban J connectivity index is 1.65. The third-order valence-electron chi connectivity index (χ3n) is 4.54. The lowest BCUT2D eigenvalue weighted by atomic mass is 10.2. The Morgan fingerprint density at radius 2 is 1.79 bits per heavy atom. The van der Waals surface area contributed by atoms with E-state index in [2.05, 4.69) is 10.6 Å². The summed E-state index contributed by atoms with van der Waals surface area (Å²) < 4.78 is 5.55. The Hall–Kier alpha value is -3.85. The second kappa shape index (κ2) is 11.1. The van der Waals surface area contributed by atoms with Gasteiger partial charge in [0.05, 0.1) is 22.5 Å². The molecule has 1 atom stereocenters. The van der Waals surface area contributed by atoms with Crippen molar-refractivity contribution < 1.29 is 19.2 Å². The molecule has 0 saturated heterocycles. The van der Waals surface area contributed by atoms with Crippen LogP contribution in [0.4, 0.5) is 17.1 Å². The van der Waals surface area contributed by atoms with E-state index < -0.39 is 16.1 Å². The van der Waals surface area contributed by atoms with Gasteiger partial charge in [-0.3, -0.25) is 19.7 Å². The lowest BCUT2D eigenvalue weighted by Gasteiger charge is -2.15. The summed E-state index contributed by atoms with van der Waals surface area (Å²) in [5.41, 5.74) is 1.15. The van der Waals surface area contributed by atoms with Crippen LogP contribution < -0.4 is 15.4 Å². The molecule has 3 aromatic rings. The molecule has 0 saturated carbocycles. The topological polar surface area (TPSA) is 111 Å². The van der Waals surface area contributed by atoms with E-state index in [-0.39, 0.29) is 17.2 Å². The van der Waals surface area contributed by atoms with Crippen LogP contribution in [0, 0.1) is 10.1 Å². The highest BCUT2D eigenvalue weighted by molar-refractivity contribution is 8.00. The highest BCUT2D eigenvalue weighted by Gasteiger charge is 2.17. The summed E-state index contributed by atoms with van der Waals surface area (Å²) in [6.07, 6.45) is 0. The second-order valence-corrected chi connectivity index (χ2v) is 8.38. The molecule has 2 amide bonds. The van der Waals surface area contributed by atoms with Crippen molar-refractivity contribution in [1.82, 2.24) is 0 Å². The van der Waals surface area contributed by atoms with E-state index in [9.17, 15) is 19.7 Å². The van der Waals surface area contributed by atoms with E-state index in [1.165, 1.54) is 36.0 Å². The van der Waals surface area contributed by atoms with Crippen LogP contribution >= 0.6 is 11.8 Å². The molecule has 1 unspecified atom stereocenters. The molecule has 0 spiro atoms. The fourth-order valence-corrected chi connectivity index (χ4v) is 3.88.